The van der Waals surface area contributed by atoms with Gasteiger partial charge in [0.25, 0.3) is 0 Å². The largest absolute Gasteiger partial charge is 0.496 e. The summed E-state index contributed by atoms with van der Waals surface area (Å²) in [5, 5.41) is 0. The molecule has 0 saturated heterocycles. The minimum Gasteiger partial charge on any atom is -0.496 e. The molecular weight excluding hydrogens is 256 g/mol. The Morgan fingerprint density at radius 2 is 1.60 bits per heavy atom. The van der Waals surface area contributed by atoms with Gasteiger partial charge in [0.15, 0.2) is 0 Å². The van der Waals surface area contributed by atoms with Crippen molar-refractivity contribution in [3.63, 3.8) is 0 Å². The molecule has 0 heterocycles. The van der Waals surface area contributed by atoms with Crippen molar-refractivity contribution in [3.8, 4) is 17.2 Å². The van der Waals surface area contributed by atoms with E-state index in [9.17, 15) is 4.79 Å². The molecule has 0 saturated carbocycles. The molecule has 0 spiro atoms. The molecule has 1 radical (unpaired) electrons. The zero-order chi connectivity index (χ0) is 14.4. The van der Waals surface area contributed by atoms with E-state index in [0.717, 1.165) is 5.56 Å². The van der Waals surface area contributed by atoms with E-state index >= 15 is 0 Å². The Kier molecular flexibility index (Phi) is 4.60. The van der Waals surface area contributed by atoms with Crippen molar-refractivity contribution in [1.29, 1.82) is 0 Å². The Bertz CT molecular complexity index is 553. The number of hydrogen-bond donors (Lipinski definition) is 0. The molecule has 0 amide bonds. The first-order valence-corrected chi connectivity index (χ1v) is 6.09. The van der Waals surface area contributed by atoms with Gasteiger partial charge < -0.3 is 14.2 Å². The molecule has 0 atom stereocenters. The number of methoxy groups -OCH3 is 2. The van der Waals surface area contributed by atoms with Gasteiger partial charge in [0.2, 0.25) is 6.29 Å². The molecule has 0 aliphatic carbocycles. The number of hydrogen-bond acceptors (Lipinski definition) is 4. The minimum atomic E-state index is 0.252. The number of carbonyl (C=O) groups excluding carboxylic acids is 1. The predicted molar refractivity (Wildman–Crippen MR) is 75.1 cm³/mol. The van der Waals surface area contributed by atoms with Crippen molar-refractivity contribution in [2.24, 2.45) is 0 Å². The fourth-order valence-electron chi connectivity index (χ4n) is 1.81. The second-order valence-electron chi connectivity index (χ2n) is 4.08. The summed E-state index contributed by atoms with van der Waals surface area (Å²) >= 11 is 0. The van der Waals surface area contributed by atoms with Crippen molar-refractivity contribution < 1.29 is 19.0 Å². The van der Waals surface area contributed by atoms with Crippen LogP contribution in [-0.4, -0.2) is 20.5 Å². The molecule has 0 fully saturated rings. The first-order valence-electron chi connectivity index (χ1n) is 6.09. The van der Waals surface area contributed by atoms with Crippen LogP contribution in [0.5, 0.6) is 17.2 Å². The molecule has 2 aromatic rings. The Balaban J connectivity index is 2.22. The van der Waals surface area contributed by atoms with Gasteiger partial charge in [-0.15, -0.1) is 0 Å². The van der Waals surface area contributed by atoms with Gasteiger partial charge >= 0.3 is 0 Å². The number of rotatable bonds is 6. The molecule has 0 aliphatic heterocycles. The maximum absolute atomic E-state index is 10.9. The second kappa shape index (κ2) is 6.61. The summed E-state index contributed by atoms with van der Waals surface area (Å²) in [4.78, 5) is 10.9. The van der Waals surface area contributed by atoms with Crippen LogP contribution in [0.3, 0.4) is 0 Å². The molecular formula is C16H15O4. The minimum absolute atomic E-state index is 0.252. The first-order chi connectivity index (χ1) is 9.78. The average Bonchev–Trinajstić information content (AvgIpc) is 2.52. The van der Waals surface area contributed by atoms with Crippen molar-refractivity contribution in [1.82, 2.24) is 0 Å². The highest BCUT2D eigenvalue weighted by Crippen LogP contribution is 2.32. The van der Waals surface area contributed by atoms with E-state index in [2.05, 4.69) is 0 Å². The molecule has 103 valence electrons. The molecule has 0 aromatic heterocycles. The molecule has 0 unspecified atom stereocenters. The normalized spacial score (nSPS) is 9.90. The Hall–Kier alpha value is -2.49. The molecule has 4 nitrogen and oxygen atoms in total. The van der Waals surface area contributed by atoms with Crippen molar-refractivity contribution in [2.75, 3.05) is 14.2 Å². The highest BCUT2D eigenvalue weighted by Gasteiger charge is 2.13. The fraction of sp³-hybridized carbons (Fsp3) is 0.188. The van der Waals surface area contributed by atoms with Crippen molar-refractivity contribution >= 4 is 6.29 Å². The van der Waals surface area contributed by atoms with E-state index in [-0.39, 0.29) is 5.56 Å². The summed E-state index contributed by atoms with van der Waals surface area (Å²) in [5.41, 5.74) is 1.30. The van der Waals surface area contributed by atoms with Crippen molar-refractivity contribution in [2.45, 2.75) is 6.61 Å². The lowest BCUT2D eigenvalue weighted by molar-refractivity contribution is 0.300. The summed E-state index contributed by atoms with van der Waals surface area (Å²) in [6.07, 6.45) is 1.81. The van der Waals surface area contributed by atoms with Gasteiger partial charge in [-0.3, -0.25) is 4.79 Å². The van der Waals surface area contributed by atoms with Crippen LogP contribution in [0.4, 0.5) is 0 Å². The standard InChI is InChI=1S/C16H15O4/c1-18-15-8-13(9-16(19-2)14(15)10-17)20-11-12-6-4-3-5-7-12/h3-9H,11H2,1-2H3. The van der Waals surface area contributed by atoms with Crippen LogP contribution < -0.4 is 14.2 Å². The van der Waals surface area contributed by atoms with E-state index in [4.69, 9.17) is 14.2 Å². The highest BCUT2D eigenvalue weighted by molar-refractivity contribution is 5.84. The van der Waals surface area contributed by atoms with Gasteiger partial charge in [-0.1, -0.05) is 30.3 Å². The zero-order valence-corrected chi connectivity index (χ0v) is 11.4. The average molecular weight is 271 g/mol. The maximum Gasteiger partial charge on any atom is 0.241 e. The van der Waals surface area contributed by atoms with E-state index < -0.39 is 0 Å². The summed E-state index contributed by atoms with van der Waals surface area (Å²) in [6.45, 7) is 0.428. The third-order valence-electron chi connectivity index (χ3n) is 2.83. The van der Waals surface area contributed by atoms with Crippen LogP contribution in [0.1, 0.15) is 11.1 Å². The summed E-state index contributed by atoms with van der Waals surface area (Å²) in [7, 11) is 2.97. The Labute approximate surface area is 117 Å². The molecule has 0 aliphatic rings. The molecule has 2 rings (SSSR count). The quantitative estimate of drug-likeness (QED) is 0.810. The van der Waals surface area contributed by atoms with Crippen LogP contribution in [-0.2, 0) is 11.4 Å². The topological polar surface area (TPSA) is 44.8 Å². The maximum atomic E-state index is 10.9. The van der Waals surface area contributed by atoms with E-state index in [1.165, 1.54) is 14.2 Å². The fourth-order valence-corrected chi connectivity index (χ4v) is 1.81. The lowest BCUT2D eigenvalue weighted by atomic mass is 10.2. The smallest absolute Gasteiger partial charge is 0.241 e. The molecule has 4 heteroatoms. The summed E-state index contributed by atoms with van der Waals surface area (Å²) < 4.78 is 16.0. The second-order valence-corrected chi connectivity index (χ2v) is 4.08. The van der Waals surface area contributed by atoms with E-state index in [1.807, 2.05) is 36.6 Å². The Morgan fingerprint density at radius 1 is 1.00 bits per heavy atom. The molecule has 20 heavy (non-hydrogen) atoms. The highest BCUT2D eigenvalue weighted by atomic mass is 16.5. The summed E-state index contributed by atoms with van der Waals surface area (Å²) in [6, 6.07) is 13.1. The lowest BCUT2D eigenvalue weighted by Gasteiger charge is -2.12. The van der Waals surface area contributed by atoms with Gasteiger partial charge in [-0.05, 0) is 5.56 Å². The van der Waals surface area contributed by atoms with E-state index in [0.29, 0.717) is 23.9 Å². The van der Waals surface area contributed by atoms with Crippen LogP contribution >= 0.6 is 0 Å². The number of benzene rings is 2. The molecule has 2 aromatic carbocycles. The van der Waals surface area contributed by atoms with Crippen LogP contribution in [0.2, 0.25) is 0 Å². The summed E-state index contributed by atoms with van der Waals surface area (Å²) in [5.74, 6) is 1.33. The monoisotopic (exact) mass is 271 g/mol. The molecule has 0 bridgehead atoms. The third-order valence-corrected chi connectivity index (χ3v) is 2.83. The van der Waals surface area contributed by atoms with Crippen LogP contribution in [0.15, 0.2) is 42.5 Å². The lowest BCUT2D eigenvalue weighted by Crippen LogP contribution is -2.00. The van der Waals surface area contributed by atoms with Gasteiger partial charge in [0, 0.05) is 12.1 Å². The van der Waals surface area contributed by atoms with E-state index in [1.54, 1.807) is 12.1 Å². The van der Waals surface area contributed by atoms with Crippen LogP contribution in [0, 0.1) is 0 Å². The van der Waals surface area contributed by atoms with Crippen molar-refractivity contribution in [3.05, 3.63) is 53.6 Å². The van der Waals surface area contributed by atoms with Gasteiger partial charge in [-0.2, -0.15) is 0 Å². The first kappa shape index (κ1) is 13.9. The van der Waals surface area contributed by atoms with Gasteiger partial charge in [-0.25, -0.2) is 0 Å². The SMILES string of the molecule is COc1cc(OCc2ccccc2)cc(OC)c1[C]=O. The van der Waals surface area contributed by atoms with Gasteiger partial charge in [0.1, 0.15) is 29.4 Å². The number of ether oxygens (including phenoxy) is 3. The Morgan fingerprint density at radius 3 is 2.10 bits per heavy atom. The zero-order valence-electron chi connectivity index (χ0n) is 11.4. The van der Waals surface area contributed by atoms with Crippen LogP contribution in [0.25, 0.3) is 0 Å². The third kappa shape index (κ3) is 3.09. The predicted octanol–water partition coefficient (Wildman–Crippen LogP) is 2.74. The molecule has 0 N–H and O–H groups in total. The van der Waals surface area contributed by atoms with Gasteiger partial charge in [0.05, 0.1) is 14.2 Å².